The molecule has 4 nitrogen and oxygen atoms in total. The average molecular weight is 369 g/mol. The van der Waals surface area contributed by atoms with Crippen LogP contribution in [-0.2, 0) is 13.1 Å². The molecule has 0 unspecified atom stereocenters. The molecule has 4 rings (SSSR count). The lowest BCUT2D eigenvalue weighted by Crippen LogP contribution is -2.45. The van der Waals surface area contributed by atoms with Gasteiger partial charge in [0.2, 0.25) is 0 Å². The lowest BCUT2D eigenvalue weighted by molar-refractivity contribution is 0.120. The molecule has 136 valence electrons. The van der Waals surface area contributed by atoms with E-state index in [-0.39, 0.29) is 0 Å². The predicted octanol–water partition coefficient (Wildman–Crippen LogP) is 4.15. The number of benzene rings is 1. The number of hydrogen-bond donors (Lipinski definition) is 1. The van der Waals surface area contributed by atoms with E-state index in [0.717, 1.165) is 44.3 Å². The maximum absolute atomic E-state index is 6.15. The van der Waals surface area contributed by atoms with Crippen LogP contribution in [0.3, 0.4) is 0 Å². The third-order valence-corrected chi connectivity index (χ3v) is 5.70. The smallest absolute Gasteiger partial charge is 0.0573 e. The van der Waals surface area contributed by atoms with E-state index in [1.807, 2.05) is 18.3 Å². The van der Waals surface area contributed by atoms with Crippen LogP contribution >= 0.6 is 11.6 Å². The first-order chi connectivity index (χ1) is 12.6. The van der Waals surface area contributed by atoms with E-state index < -0.39 is 0 Å². The van der Waals surface area contributed by atoms with Gasteiger partial charge in [-0.2, -0.15) is 0 Å². The van der Waals surface area contributed by atoms with Crippen molar-refractivity contribution >= 4 is 22.5 Å². The van der Waals surface area contributed by atoms with Crippen molar-refractivity contribution in [2.75, 3.05) is 26.2 Å². The van der Waals surface area contributed by atoms with E-state index in [1.165, 1.54) is 33.4 Å². The largest absolute Gasteiger partial charge is 0.357 e. The van der Waals surface area contributed by atoms with Crippen LogP contribution in [0.15, 0.2) is 36.5 Å². The minimum atomic E-state index is 0.796. The zero-order valence-corrected chi connectivity index (χ0v) is 16.2. The number of piperazine rings is 1. The first-order valence-corrected chi connectivity index (χ1v) is 9.60. The number of aromatic amines is 1. The summed E-state index contributed by atoms with van der Waals surface area (Å²) in [7, 11) is 0. The van der Waals surface area contributed by atoms with Gasteiger partial charge in [0, 0.05) is 67.1 Å². The van der Waals surface area contributed by atoms with Gasteiger partial charge in [0.15, 0.2) is 0 Å². The van der Waals surface area contributed by atoms with Crippen LogP contribution < -0.4 is 0 Å². The van der Waals surface area contributed by atoms with E-state index >= 15 is 0 Å². The summed E-state index contributed by atoms with van der Waals surface area (Å²) in [6.07, 6.45) is 1.89. The molecule has 3 aromatic rings. The molecule has 1 aliphatic heterocycles. The molecule has 1 fully saturated rings. The summed E-state index contributed by atoms with van der Waals surface area (Å²) >= 11 is 6.15. The fraction of sp³-hybridized carbons (Fsp3) is 0.381. The Morgan fingerprint density at radius 1 is 1.04 bits per heavy atom. The van der Waals surface area contributed by atoms with Gasteiger partial charge >= 0.3 is 0 Å². The van der Waals surface area contributed by atoms with Crippen molar-refractivity contribution in [2.45, 2.75) is 26.9 Å². The SMILES string of the molecule is Cc1cccnc1CN1CCN(Cc2[nH]c3ccc(Cl)cc3c2C)CC1. The second-order valence-corrected chi connectivity index (χ2v) is 7.67. The quantitative estimate of drug-likeness (QED) is 0.751. The first-order valence-electron chi connectivity index (χ1n) is 9.22. The molecule has 3 heterocycles. The molecule has 1 N–H and O–H groups in total. The predicted molar refractivity (Wildman–Crippen MR) is 108 cm³/mol. The molecule has 1 aliphatic rings. The van der Waals surface area contributed by atoms with Crippen molar-refractivity contribution in [3.05, 3.63) is 64.1 Å². The maximum atomic E-state index is 6.15. The van der Waals surface area contributed by atoms with Gasteiger partial charge in [0.05, 0.1) is 5.69 Å². The zero-order valence-electron chi connectivity index (χ0n) is 15.4. The molecule has 1 aromatic carbocycles. The number of pyridine rings is 1. The Morgan fingerprint density at radius 3 is 2.50 bits per heavy atom. The zero-order chi connectivity index (χ0) is 18.1. The van der Waals surface area contributed by atoms with Gasteiger partial charge in [-0.15, -0.1) is 0 Å². The van der Waals surface area contributed by atoms with Gasteiger partial charge < -0.3 is 4.98 Å². The molecule has 0 aliphatic carbocycles. The van der Waals surface area contributed by atoms with E-state index in [4.69, 9.17) is 11.6 Å². The third kappa shape index (κ3) is 3.63. The molecular formula is C21H25ClN4. The summed E-state index contributed by atoms with van der Waals surface area (Å²) < 4.78 is 0. The number of H-pyrrole nitrogens is 1. The highest BCUT2D eigenvalue weighted by atomic mass is 35.5. The molecule has 0 bridgehead atoms. The summed E-state index contributed by atoms with van der Waals surface area (Å²) in [5, 5.41) is 2.03. The van der Waals surface area contributed by atoms with E-state index in [1.54, 1.807) is 0 Å². The van der Waals surface area contributed by atoms with Crippen LogP contribution in [0.4, 0.5) is 0 Å². The number of aromatic nitrogens is 2. The first kappa shape index (κ1) is 17.5. The van der Waals surface area contributed by atoms with Crippen molar-refractivity contribution in [2.24, 2.45) is 0 Å². The molecular weight excluding hydrogens is 344 g/mol. The van der Waals surface area contributed by atoms with Crippen LogP contribution in [0.2, 0.25) is 5.02 Å². The molecule has 0 spiro atoms. The van der Waals surface area contributed by atoms with Crippen LogP contribution in [0.25, 0.3) is 10.9 Å². The number of aryl methyl sites for hydroxylation is 2. The molecule has 26 heavy (non-hydrogen) atoms. The summed E-state index contributed by atoms with van der Waals surface area (Å²) in [6.45, 7) is 10.6. The van der Waals surface area contributed by atoms with Gasteiger partial charge in [-0.3, -0.25) is 14.8 Å². The Labute approximate surface area is 159 Å². The molecule has 0 saturated carbocycles. The van der Waals surface area contributed by atoms with Gasteiger partial charge in [-0.1, -0.05) is 17.7 Å². The summed E-state index contributed by atoms with van der Waals surface area (Å²) in [4.78, 5) is 13.1. The van der Waals surface area contributed by atoms with Gasteiger partial charge in [0.1, 0.15) is 0 Å². The van der Waals surface area contributed by atoms with E-state index in [0.29, 0.717) is 0 Å². The monoisotopic (exact) mass is 368 g/mol. The van der Waals surface area contributed by atoms with Crippen LogP contribution in [0, 0.1) is 13.8 Å². The van der Waals surface area contributed by atoms with E-state index in [2.05, 4.69) is 51.8 Å². The number of nitrogens with one attached hydrogen (secondary N) is 1. The standard InChI is InChI=1S/C21H25ClN4/c1-15-4-3-7-23-20(15)13-25-8-10-26(11-9-25)14-21-16(2)18-12-17(22)5-6-19(18)24-21/h3-7,12,24H,8-11,13-14H2,1-2H3. The van der Waals surface area contributed by atoms with Crippen LogP contribution in [-0.4, -0.2) is 45.9 Å². The Morgan fingerprint density at radius 2 is 1.77 bits per heavy atom. The number of halogens is 1. The van der Waals surface area contributed by atoms with Crippen LogP contribution in [0.1, 0.15) is 22.5 Å². The molecule has 0 radical (unpaired) electrons. The second-order valence-electron chi connectivity index (χ2n) is 7.24. The molecule has 1 saturated heterocycles. The minimum Gasteiger partial charge on any atom is -0.357 e. The molecule has 0 atom stereocenters. The highest BCUT2D eigenvalue weighted by Crippen LogP contribution is 2.26. The molecule has 2 aromatic heterocycles. The lowest BCUT2D eigenvalue weighted by atomic mass is 10.1. The second kappa shape index (κ2) is 7.39. The highest BCUT2D eigenvalue weighted by Gasteiger charge is 2.19. The lowest BCUT2D eigenvalue weighted by Gasteiger charge is -2.34. The van der Waals surface area contributed by atoms with E-state index in [9.17, 15) is 0 Å². The number of rotatable bonds is 4. The number of fused-ring (bicyclic) bond motifs is 1. The number of hydrogen-bond acceptors (Lipinski definition) is 3. The summed E-state index contributed by atoms with van der Waals surface area (Å²) in [5.74, 6) is 0. The van der Waals surface area contributed by atoms with Crippen LogP contribution in [0.5, 0.6) is 0 Å². The number of nitrogens with zero attached hydrogens (tertiary/aromatic N) is 3. The third-order valence-electron chi connectivity index (χ3n) is 5.46. The maximum Gasteiger partial charge on any atom is 0.0573 e. The molecule has 0 amide bonds. The average Bonchev–Trinajstić information content (AvgIpc) is 2.94. The Hall–Kier alpha value is -1.88. The Balaban J connectivity index is 1.38. The van der Waals surface area contributed by atoms with Gasteiger partial charge in [-0.05, 0) is 49.2 Å². The fourth-order valence-electron chi connectivity index (χ4n) is 3.74. The van der Waals surface area contributed by atoms with Gasteiger partial charge in [0.25, 0.3) is 0 Å². The highest BCUT2D eigenvalue weighted by molar-refractivity contribution is 6.31. The topological polar surface area (TPSA) is 35.2 Å². The Bertz CT molecular complexity index is 910. The Kier molecular flexibility index (Phi) is 4.98. The van der Waals surface area contributed by atoms with Crippen molar-refractivity contribution in [3.8, 4) is 0 Å². The molecule has 5 heteroatoms. The van der Waals surface area contributed by atoms with Crippen molar-refractivity contribution in [1.82, 2.24) is 19.8 Å². The summed E-state index contributed by atoms with van der Waals surface area (Å²) in [6, 6.07) is 10.2. The summed E-state index contributed by atoms with van der Waals surface area (Å²) in [5.41, 5.74) is 6.27. The van der Waals surface area contributed by atoms with Gasteiger partial charge in [-0.25, -0.2) is 0 Å². The normalized spacial score (nSPS) is 16.4. The van der Waals surface area contributed by atoms with Crippen molar-refractivity contribution in [3.63, 3.8) is 0 Å². The van der Waals surface area contributed by atoms with Crippen molar-refractivity contribution in [1.29, 1.82) is 0 Å². The van der Waals surface area contributed by atoms with Crippen molar-refractivity contribution < 1.29 is 0 Å². The fourth-order valence-corrected chi connectivity index (χ4v) is 3.91. The minimum absolute atomic E-state index is 0.796.